The summed E-state index contributed by atoms with van der Waals surface area (Å²) in [4.78, 5) is 11.2. The van der Waals surface area contributed by atoms with E-state index in [1.807, 2.05) is 13.0 Å². The summed E-state index contributed by atoms with van der Waals surface area (Å²) in [6.07, 6.45) is 2.32. The molecule has 0 unspecified atom stereocenters. The van der Waals surface area contributed by atoms with Gasteiger partial charge in [-0.2, -0.15) is 0 Å². The van der Waals surface area contributed by atoms with Crippen molar-refractivity contribution in [3.63, 3.8) is 0 Å². The average molecular weight is 241 g/mol. The Kier molecular flexibility index (Phi) is 5.33. The third-order valence-corrected chi connectivity index (χ3v) is 2.84. The second-order valence-electron chi connectivity index (χ2n) is 3.81. The summed E-state index contributed by atoms with van der Waals surface area (Å²) in [5, 5.41) is 0. The molecule has 0 aliphatic carbocycles. The number of alkyl halides is 1. The summed E-state index contributed by atoms with van der Waals surface area (Å²) in [7, 11) is 1.41. The number of methoxy groups -OCH3 is 1. The Morgan fingerprint density at radius 2 is 2.19 bits per heavy atom. The first-order valence-electron chi connectivity index (χ1n) is 5.38. The Labute approximate surface area is 102 Å². The zero-order valence-corrected chi connectivity index (χ0v) is 10.5. The third-order valence-electron chi connectivity index (χ3n) is 2.57. The summed E-state index contributed by atoms with van der Waals surface area (Å²) in [5.41, 5.74) is 3.44. The van der Waals surface area contributed by atoms with Crippen LogP contribution in [0.1, 0.15) is 23.1 Å². The molecule has 0 saturated heterocycles. The maximum Gasteiger partial charge on any atom is 0.309 e. The van der Waals surface area contributed by atoms with Gasteiger partial charge in [-0.05, 0) is 36.5 Å². The number of esters is 1. The lowest BCUT2D eigenvalue weighted by Gasteiger charge is -2.07. The van der Waals surface area contributed by atoms with Crippen LogP contribution in [0.25, 0.3) is 0 Å². The summed E-state index contributed by atoms with van der Waals surface area (Å²) < 4.78 is 4.65. The number of carbonyl (C=O) groups is 1. The monoisotopic (exact) mass is 240 g/mol. The van der Waals surface area contributed by atoms with E-state index in [2.05, 4.69) is 16.9 Å². The molecule has 0 heterocycles. The van der Waals surface area contributed by atoms with Crippen molar-refractivity contribution >= 4 is 17.6 Å². The van der Waals surface area contributed by atoms with Gasteiger partial charge in [0.2, 0.25) is 0 Å². The zero-order chi connectivity index (χ0) is 12.0. The van der Waals surface area contributed by atoms with Crippen LogP contribution in [0.2, 0.25) is 0 Å². The second kappa shape index (κ2) is 6.54. The molecule has 0 radical (unpaired) electrons. The second-order valence-corrected chi connectivity index (χ2v) is 4.18. The van der Waals surface area contributed by atoms with Crippen LogP contribution in [-0.4, -0.2) is 19.0 Å². The van der Waals surface area contributed by atoms with Crippen LogP contribution in [0.5, 0.6) is 0 Å². The number of hydrogen-bond acceptors (Lipinski definition) is 2. The van der Waals surface area contributed by atoms with Gasteiger partial charge in [-0.15, -0.1) is 11.6 Å². The highest BCUT2D eigenvalue weighted by Crippen LogP contribution is 2.14. The van der Waals surface area contributed by atoms with Crippen LogP contribution >= 0.6 is 11.6 Å². The highest BCUT2D eigenvalue weighted by molar-refractivity contribution is 6.17. The van der Waals surface area contributed by atoms with Crippen molar-refractivity contribution < 1.29 is 9.53 Å². The molecule has 3 heteroatoms. The highest BCUT2D eigenvalue weighted by Gasteiger charge is 2.06. The predicted octanol–water partition coefficient (Wildman–Crippen LogP) is 2.88. The van der Waals surface area contributed by atoms with E-state index in [0.717, 1.165) is 24.0 Å². The first-order chi connectivity index (χ1) is 7.67. The van der Waals surface area contributed by atoms with E-state index in [0.29, 0.717) is 12.3 Å². The first-order valence-corrected chi connectivity index (χ1v) is 5.92. The van der Waals surface area contributed by atoms with Gasteiger partial charge in [0, 0.05) is 5.88 Å². The van der Waals surface area contributed by atoms with Crippen molar-refractivity contribution in [3.8, 4) is 0 Å². The predicted molar refractivity (Wildman–Crippen MR) is 65.9 cm³/mol. The molecule has 1 aromatic carbocycles. The quantitative estimate of drug-likeness (QED) is 0.584. The van der Waals surface area contributed by atoms with Gasteiger partial charge in [0.05, 0.1) is 13.5 Å². The lowest BCUT2D eigenvalue weighted by Crippen LogP contribution is -2.06. The maximum atomic E-state index is 11.2. The molecule has 88 valence electrons. The largest absolute Gasteiger partial charge is 0.469 e. The standard InChI is InChI=1S/C13H17ClO2/c1-10-8-11(4-3-7-14)5-6-12(10)9-13(15)16-2/h5-6,8H,3-4,7,9H2,1-2H3. The van der Waals surface area contributed by atoms with Crippen molar-refractivity contribution in [2.24, 2.45) is 0 Å². The summed E-state index contributed by atoms with van der Waals surface area (Å²) in [6, 6.07) is 6.17. The van der Waals surface area contributed by atoms with Gasteiger partial charge in [0.1, 0.15) is 0 Å². The van der Waals surface area contributed by atoms with Crippen molar-refractivity contribution in [2.75, 3.05) is 13.0 Å². The van der Waals surface area contributed by atoms with Gasteiger partial charge in [-0.25, -0.2) is 0 Å². The van der Waals surface area contributed by atoms with Gasteiger partial charge in [0.15, 0.2) is 0 Å². The highest BCUT2D eigenvalue weighted by atomic mass is 35.5. The molecule has 0 aliphatic rings. The van der Waals surface area contributed by atoms with Crippen LogP contribution in [0.3, 0.4) is 0 Å². The van der Waals surface area contributed by atoms with E-state index < -0.39 is 0 Å². The van der Waals surface area contributed by atoms with Gasteiger partial charge < -0.3 is 4.74 Å². The molecule has 0 fully saturated rings. The molecule has 0 aromatic heterocycles. The molecule has 0 saturated carbocycles. The molecule has 0 aliphatic heterocycles. The van der Waals surface area contributed by atoms with E-state index in [4.69, 9.17) is 11.6 Å². The van der Waals surface area contributed by atoms with Gasteiger partial charge in [-0.3, -0.25) is 4.79 Å². The number of carbonyl (C=O) groups excluding carboxylic acids is 1. The lowest BCUT2D eigenvalue weighted by molar-refractivity contribution is -0.139. The molecule has 1 aromatic rings. The van der Waals surface area contributed by atoms with Crippen LogP contribution in [0.4, 0.5) is 0 Å². The molecule has 0 bridgehead atoms. The minimum absolute atomic E-state index is 0.198. The van der Waals surface area contributed by atoms with Crippen molar-refractivity contribution in [3.05, 3.63) is 34.9 Å². The Morgan fingerprint density at radius 1 is 1.44 bits per heavy atom. The Balaban J connectivity index is 2.71. The van der Waals surface area contributed by atoms with Gasteiger partial charge in [-0.1, -0.05) is 18.2 Å². The average Bonchev–Trinajstić information content (AvgIpc) is 2.29. The third kappa shape index (κ3) is 3.86. The molecule has 0 spiro atoms. The Hall–Kier alpha value is -1.02. The molecular formula is C13H17ClO2. The Morgan fingerprint density at radius 3 is 2.75 bits per heavy atom. The number of aryl methyl sites for hydroxylation is 2. The summed E-state index contributed by atoms with van der Waals surface area (Å²) >= 11 is 5.65. The molecule has 0 N–H and O–H groups in total. The Bertz CT molecular complexity index is 361. The van der Waals surface area contributed by atoms with E-state index in [9.17, 15) is 4.79 Å². The van der Waals surface area contributed by atoms with Crippen molar-refractivity contribution in [1.82, 2.24) is 0 Å². The fraction of sp³-hybridized carbons (Fsp3) is 0.462. The fourth-order valence-electron chi connectivity index (χ4n) is 1.61. The molecule has 1 rings (SSSR count). The minimum Gasteiger partial charge on any atom is -0.469 e. The zero-order valence-electron chi connectivity index (χ0n) is 9.75. The van der Waals surface area contributed by atoms with Gasteiger partial charge >= 0.3 is 5.97 Å². The maximum absolute atomic E-state index is 11.2. The normalized spacial score (nSPS) is 10.2. The molecule has 2 nitrogen and oxygen atoms in total. The molecule has 0 amide bonds. The van der Waals surface area contributed by atoms with Crippen LogP contribution in [0, 0.1) is 6.92 Å². The minimum atomic E-state index is -0.198. The number of halogens is 1. The SMILES string of the molecule is COC(=O)Cc1ccc(CCCCl)cc1C. The smallest absolute Gasteiger partial charge is 0.309 e. The molecular weight excluding hydrogens is 224 g/mol. The molecule has 16 heavy (non-hydrogen) atoms. The van der Waals surface area contributed by atoms with Crippen molar-refractivity contribution in [2.45, 2.75) is 26.2 Å². The van der Waals surface area contributed by atoms with Crippen molar-refractivity contribution in [1.29, 1.82) is 0 Å². The van der Waals surface area contributed by atoms with E-state index in [-0.39, 0.29) is 5.97 Å². The topological polar surface area (TPSA) is 26.3 Å². The van der Waals surface area contributed by atoms with Crippen LogP contribution < -0.4 is 0 Å². The summed E-state index contributed by atoms with van der Waals surface area (Å²) in [5.74, 6) is 0.486. The number of benzene rings is 1. The van der Waals surface area contributed by atoms with E-state index in [1.54, 1.807) is 0 Å². The fourth-order valence-corrected chi connectivity index (χ4v) is 1.74. The number of ether oxygens (including phenoxy) is 1. The molecule has 0 atom stereocenters. The number of hydrogen-bond donors (Lipinski definition) is 0. The van der Waals surface area contributed by atoms with Crippen LogP contribution in [0.15, 0.2) is 18.2 Å². The lowest BCUT2D eigenvalue weighted by atomic mass is 10.0. The van der Waals surface area contributed by atoms with Gasteiger partial charge in [0.25, 0.3) is 0 Å². The van der Waals surface area contributed by atoms with E-state index >= 15 is 0 Å². The number of rotatable bonds is 5. The van der Waals surface area contributed by atoms with E-state index in [1.165, 1.54) is 12.7 Å². The first kappa shape index (κ1) is 13.0. The summed E-state index contributed by atoms with van der Waals surface area (Å²) in [6.45, 7) is 2.02. The van der Waals surface area contributed by atoms with Crippen LogP contribution in [-0.2, 0) is 22.4 Å².